The fourth-order valence-corrected chi connectivity index (χ4v) is 4.41. The van der Waals surface area contributed by atoms with Gasteiger partial charge >= 0.3 is 5.97 Å². The lowest BCUT2D eigenvalue weighted by Gasteiger charge is -2.35. The minimum atomic E-state index is -1.11. The maximum absolute atomic E-state index is 13.9. The molecule has 1 heterocycles. The first-order chi connectivity index (χ1) is 18.6. The van der Waals surface area contributed by atoms with Gasteiger partial charge < -0.3 is 20.1 Å². The lowest BCUT2D eigenvalue weighted by Crippen LogP contribution is -2.52. The van der Waals surface area contributed by atoms with E-state index in [1.54, 1.807) is 53.9 Å². The lowest BCUT2D eigenvalue weighted by molar-refractivity contribution is -0.127. The van der Waals surface area contributed by atoms with E-state index in [0.717, 1.165) is 0 Å². The molecule has 0 unspecified atom stereocenters. The molecule has 0 aliphatic carbocycles. The van der Waals surface area contributed by atoms with Crippen molar-refractivity contribution in [3.05, 3.63) is 82.0 Å². The van der Waals surface area contributed by atoms with Crippen molar-refractivity contribution >= 4 is 40.7 Å². The minimum Gasteiger partial charge on any atom is -0.497 e. The van der Waals surface area contributed by atoms with Crippen LogP contribution in [0.2, 0.25) is 0 Å². The summed E-state index contributed by atoms with van der Waals surface area (Å²) in [5, 5.41) is 7.46. The highest BCUT2D eigenvalue weighted by Gasteiger charge is 2.35. The van der Waals surface area contributed by atoms with Gasteiger partial charge in [-0.1, -0.05) is 25.1 Å². The maximum atomic E-state index is 13.9. The topological polar surface area (TPSA) is 114 Å². The highest BCUT2D eigenvalue weighted by molar-refractivity contribution is 7.12. The van der Waals surface area contributed by atoms with Gasteiger partial charge in [-0.3, -0.25) is 19.3 Å². The van der Waals surface area contributed by atoms with Crippen LogP contribution in [0, 0.1) is 0 Å². The molecule has 2 N–H and O–H groups in total. The second-order valence-corrected chi connectivity index (χ2v) is 10.3. The molecule has 0 saturated carbocycles. The van der Waals surface area contributed by atoms with E-state index in [1.807, 2.05) is 20.8 Å². The number of rotatable bonds is 11. The summed E-state index contributed by atoms with van der Waals surface area (Å²) in [6.45, 7) is 5.38. The van der Waals surface area contributed by atoms with Crippen LogP contribution in [0.4, 0.5) is 5.69 Å². The third-order valence-electron chi connectivity index (χ3n) is 6.24. The summed E-state index contributed by atoms with van der Waals surface area (Å²) >= 11 is 1.26. The number of anilines is 1. The molecule has 10 heteroatoms. The number of thiophene rings is 1. The number of hydrogen-bond acceptors (Lipinski definition) is 7. The normalized spacial score (nSPS) is 11.7. The van der Waals surface area contributed by atoms with E-state index < -0.39 is 35.3 Å². The Labute approximate surface area is 232 Å². The largest absolute Gasteiger partial charge is 0.497 e. The molecule has 3 amide bonds. The maximum Gasteiger partial charge on any atom is 0.337 e. The first kappa shape index (κ1) is 29.4. The Morgan fingerprint density at radius 1 is 1.00 bits per heavy atom. The number of nitrogens with zero attached hydrogens (tertiary/aromatic N) is 1. The van der Waals surface area contributed by atoms with Crippen LogP contribution in [-0.2, 0) is 14.3 Å². The Morgan fingerprint density at radius 2 is 1.72 bits per heavy atom. The van der Waals surface area contributed by atoms with Gasteiger partial charge in [0.1, 0.15) is 11.8 Å². The quantitative estimate of drug-likeness (QED) is 0.343. The monoisotopic (exact) mass is 551 g/mol. The third-order valence-corrected chi connectivity index (χ3v) is 7.11. The third kappa shape index (κ3) is 7.44. The molecule has 0 aliphatic heterocycles. The van der Waals surface area contributed by atoms with E-state index in [0.29, 0.717) is 28.3 Å². The summed E-state index contributed by atoms with van der Waals surface area (Å²) in [6.07, 6.45) is 0.655. The van der Waals surface area contributed by atoms with E-state index in [4.69, 9.17) is 9.47 Å². The smallest absolute Gasteiger partial charge is 0.337 e. The zero-order valence-corrected chi connectivity index (χ0v) is 23.5. The highest BCUT2D eigenvalue weighted by atomic mass is 32.1. The van der Waals surface area contributed by atoms with Crippen molar-refractivity contribution in [2.45, 2.75) is 38.8 Å². The van der Waals surface area contributed by atoms with Gasteiger partial charge in [-0.05, 0) is 73.7 Å². The van der Waals surface area contributed by atoms with E-state index in [1.165, 1.54) is 42.6 Å². The van der Waals surface area contributed by atoms with Crippen molar-refractivity contribution in [2.24, 2.45) is 0 Å². The number of benzene rings is 2. The van der Waals surface area contributed by atoms with Crippen LogP contribution in [0.1, 0.15) is 58.8 Å². The Kier molecular flexibility index (Phi) is 9.84. The molecular formula is C29H33N3O6S. The number of carbonyl (C=O) groups is 4. The molecule has 1 aromatic heterocycles. The minimum absolute atomic E-state index is 0.286. The number of carbonyl (C=O) groups excluding carboxylic acids is 4. The lowest BCUT2D eigenvalue weighted by atomic mass is 9.98. The van der Waals surface area contributed by atoms with E-state index >= 15 is 0 Å². The number of hydrogen-bond donors (Lipinski definition) is 2. The van der Waals surface area contributed by atoms with Crippen LogP contribution in [0.3, 0.4) is 0 Å². The molecule has 0 spiro atoms. The van der Waals surface area contributed by atoms with Crippen LogP contribution in [0.5, 0.6) is 5.75 Å². The second-order valence-electron chi connectivity index (χ2n) is 9.37. The summed E-state index contributed by atoms with van der Waals surface area (Å²) in [5.74, 6) is -1.35. The summed E-state index contributed by atoms with van der Waals surface area (Å²) in [7, 11) is 2.80. The summed E-state index contributed by atoms with van der Waals surface area (Å²) in [5.41, 5.74) is 0.601. The number of esters is 1. The van der Waals surface area contributed by atoms with Crippen molar-refractivity contribution in [2.75, 3.05) is 25.7 Å². The molecule has 9 nitrogen and oxygen atoms in total. The van der Waals surface area contributed by atoms with Crippen molar-refractivity contribution in [1.29, 1.82) is 0 Å². The number of ether oxygens (including phenoxy) is 2. The Balaban J connectivity index is 2.08. The number of nitrogens with one attached hydrogen (secondary N) is 2. The zero-order chi connectivity index (χ0) is 28.6. The summed E-state index contributed by atoms with van der Waals surface area (Å²) in [6, 6.07) is 15.4. The van der Waals surface area contributed by atoms with Gasteiger partial charge in [0, 0.05) is 11.2 Å². The Bertz CT molecular complexity index is 1300. The molecule has 39 heavy (non-hydrogen) atoms. The Morgan fingerprint density at radius 3 is 2.31 bits per heavy atom. The van der Waals surface area contributed by atoms with Crippen molar-refractivity contribution in [3.8, 4) is 5.75 Å². The average Bonchev–Trinajstić information content (AvgIpc) is 3.49. The van der Waals surface area contributed by atoms with E-state index in [2.05, 4.69) is 10.6 Å². The summed E-state index contributed by atoms with van der Waals surface area (Å²) < 4.78 is 10.2. The molecule has 2 aromatic carbocycles. The standard InChI is InChI=1S/C29H33N3O6S/c1-6-29(2,3)31-27(35)25(20-9-7-10-22(17-20)37-4)32(21-14-12-19(13-15-21)28(36)38-5)24(33)18-30-26(34)23-11-8-16-39-23/h7-17,25H,6,18H2,1-5H3,(H,30,34)(H,31,35)/t25-/m0/s1. The molecule has 1 atom stereocenters. The molecule has 3 rings (SSSR count). The highest BCUT2D eigenvalue weighted by Crippen LogP contribution is 2.31. The SMILES string of the molecule is CCC(C)(C)NC(=O)[C@H](c1cccc(OC)c1)N(C(=O)CNC(=O)c1cccs1)c1ccc(C(=O)OC)cc1. The molecule has 0 radical (unpaired) electrons. The van der Waals surface area contributed by atoms with E-state index in [-0.39, 0.29) is 12.1 Å². The molecule has 0 bridgehead atoms. The first-order valence-electron chi connectivity index (χ1n) is 12.4. The van der Waals surface area contributed by atoms with Crippen LogP contribution >= 0.6 is 11.3 Å². The van der Waals surface area contributed by atoms with Crippen LogP contribution < -0.4 is 20.3 Å². The number of methoxy groups -OCH3 is 2. The molecular weight excluding hydrogens is 518 g/mol. The van der Waals surface area contributed by atoms with Crippen LogP contribution in [0.25, 0.3) is 0 Å². The van der Waals surface area contributed by atoms with Crippen molar-refractivity contribution in [1.82, 2.24) is 10.6 Å². The zero-order valence-electron chi connectivity index (χ0n) is 22.6. The van der Waals surface area contributed by atoms with Gasteiger partial charge in [0.2, 0.25) is 11.8 Å². The van der Waals surface area contributed by atoms with Crippen molar-refractivity contribution in [3.63, 3.8) is 0 Å². The average molecular weight is 552 g/mol. The molecule has 0 fully saturated rings. The van der Waals surface area contributed by atoms with Gasteiger partial charge in [0.25, 0.3) is 5.91 Å². The van der Waals surface area contributed by atoms with Gasteiger partial charge in [-0.25, -0.2) is 4.79 Å². The fourth-order valence-electron chi connectivity index (χ4n) is 3.77. The van der Waals surface area contributed by atoms with Crippen molar-refractivity contribution < 1.29 is 28.7 Å². The predicted molar refractivity (Wildman–Crippen MR) is 150 cm³/mol. The second kappa shape index (κ2) is 13.1. The van der Waals surface area contributed by atoms with E-state index in [9.17, 15) is 19.2 Å². The predicted octanol–water partition coefficient (Wildman–Crippen LogP) is 4.35. The van der Waals surface area contributed by atoms with Gasteiger partial charge in [-0.2, -0.15) is 0 Å². The van der Waals surface area contributed by atoms with Crippen LogP contribution in [-0.4, -0.2) is 50.0 Å². The van der Waals surface area contributed by atoms with Gasteiger partial charge in [-0.15, -0.1) is 11.3 Å². The summed E-state index contributed by atoms with van der Waals surface area (Å²) in [4.78, 5) is 54.1. The van der Waals surface area contributed by atoms with Crippen LogP contribution in [0.15, 0.2) is 66.0 Å². The van der Waals surface area contributed by atoms with Gasteiger partial charge in [0.15, 0.2) is 0 Å². The van der Waals surface area contributed by atoms with Gasteiger partial charge in [0.05, 0.1) is 31.2 Å². The molecule has 3 aromatic rings. The molecule has 0 aliphatic rings. The Hall–Kier alpha value is -4.18. The molecule has 0 saturated heterocycles. The number of amides is 3. The fraction of sp³-hybridized carbons (Fsp3) is 0.310. The first-order valence-corrected chi connectivity index (χ1v) is 13.3. The molecule has 206 valence electrons.